The van der Waals surface area contributed by atoms with E-state index >= 15 is 0 Å². The Morgan fingerprint density at radius 3 is 2.18 bits per heavy atom. The van der Waals surface area contributed by atoms with Crippen molar-refractivity contribution in [3.05, 3.63) is 93.5 Å². The van der Waals surface area contributed by atoms with Crippen molar-refractivity contribution >= 4 is 67.5 Å². The van der Waals surface area contributed by atoms with Gasteiger partial charge in [0.2, 0.25) is 0 Å². The van der Waals surface area contributed by atoms with Crippen LogP contribution in [0.1, 0.15) is 23.0 Å². The zero-order chi connectivity index (χ0) is 24.2. The Balaban J connectivity index is 1.59. The summed E-state index contributed by atoms with van der Waals surface area (Å²) in [5.41, 5.74) is 5.35. The van der Waals surface area contributed by atoms with Crippen molar-refractivity contribution in [3.8, 4) is 0 Å². The summed E-state index contributed by atoms with van der Waals surface area (Å²) in [7, 11) is 0. The number of fused-ring (bicyclic) bond motifs is 1. The summed E-state index contributed by atoms with van der Waals surface area (Å²) < 4.78 is 2.15. The highest BCUT2D eigenvalue weighted by Crippen LogP contribution is 2.24. The molecule has 1 aromatic heterocycles. The minimum Gasteiger partial charge on any atom is -0.321 e. The van der Waals surface area contributed by atoms with Gasteiger partial charge in [-0.2, -0.15) is 0 Å². The molecule has 3 N–H and O–H groups in total. The average molecular weight is 540 g/mol. The van der Waals surface area contributed by atoms with Crippen molar-refractivity contribution in [2.45, 2.75) is 13.3 Å². The van der Waals surface area contributed by atoms with E-state index in [1.807, 2.05) is 19.1 Å². The lowest BCUT2D eigenvalue weighted by atomic mass is 10.1. The Morgan fingerprint density at radius 2 is 1.50 bits per heavy atom. The quantitative estimate of drug-likeness (QED) is 0.289. The van der Waals surface area contributed by atoms with Gasteiger partial charge in [0.05, 0.1) is 5.52 Å². The minimum atomic E-state index is -0.926. The van der Waals surface area contributed by atoms with Crippen LogP contribution in [0.3, 0.4) is 0 Å². The molecule has 1 heterocycles. The lowest BCUT2D eigenvalue weighted by molar-refractivity contribution is -0.133. The van der Waals surface area contributed by atoms with E-state index in [2.05, 4.69) is 32.0 Å². The summed E-state index contributed by atoms with van der Waals surface area (Å²) >= 11 is 9.46. The molecule has 0 unspecified atom stereocenters. The first-order chi connectivity index (χ1) is 16.3. The van der Waals surface area contributed by atoms with Gasteiger partial charge in [-0.3, -0.25) is 19.8 Å². The Bertz CT molecular complexity index is 1380. The molecule has 0 saturated heterocycles. The van der Waals surface area contributed by atoms with Crippen molar-refractivity contribution in [2.75, 3.05) is 16.1 Å². The van der Waals surface area contributed by atoms with Crippen molar-refractivity contribution in [1.29, 1.82) is 0 Å². The number of carbonyl (C=O) groups is 3. The summed E-state index contributed by atoms with van der Waals surface area (Å²) in [6.45, 7) is 2.03. The molecule has 0 bridgehead atoms. The number of aryl methyl sites for hydroxylation is 1. The standard InChI is InChI=1S/C25H20BrClN4O3/c1-2-15-3-8-19(9-4-15)29-24(33)25(34)30-31-21-12-7-18(27)13-16(21)14-22(31)23(32)28-20-10-5-17(26)6-11-20/h3-14H,2H2,1H3,(H,28,32)(H,29,33)(H,30,34). The van der Waals surface area contributed by atoms with Crippen molar-refractivity contribution in [2.24, 2.45) is 0 Å². The first-order valence-electron chi connectivity index (χ1n) is 10.4. The molecule has 4 rings (SSSR count). The van der Waals surface area contributed by atoms with Gasteiger partial charge in [-0.15, -0.1) is 0 Å². The zero-order valence-corrected chi connectivity index (χ0v) is 20.4. The minimum absolute atomic E-state index is 0.133. The van der Waals surface area contributed by atoms with E-state index in [0.29, 0.717) is 27.3 Å². The lowest BCUT2D eigenvalue weighted by Gasteiger charge is -2.13. The highest BCUT2D eigenvalue weighted by molar-refractivity contribution is 9.10. The van der Waals surface area contributed by atoms with E-state index in [1.54, 1.807) is 60.7 Å². The number of benzene rings is 3. The third-order valence-electron chi connectivity index (χ3n) is 5.14. The third-order valence-corrected chi connectivity index (χ3v) is 5.90. The first kappa shape index (κ1) is 23.5. The van der Waals surface area contributed by atoms with Gasteiger partial charge >= 0.3 is 11.8 Å². The number of nitrogens with one attached hydrogen (secondary N) is 3. The zero-order valence-electron chi connectivity index (χ0n) is 18.1. The molecule has 9 heteroatoms. The Labute approximate surface area is 209 Å². The van der Waals surface area contributed by atoms with Crippen LogP contribution in [0.15, 0.2) is 77.3 Å². The normalized spacial score (nSPS) is 10.7. The second-order valence-electron chi connectivity index (χ2n) is 7.47. The largest absolute Gasteiger partial charge is 0.328 e. The number of aromatic nitrogens is 1. The van der Waals surface area contributed by atoms with Gasteiger partial charge in [-0.25, -0.2) is 4.68 Å². The Kier molecular flexibility index (Phi) is 7.00. The first-order valence-corrected chi connectivity index (χ1v) is 11.6. The maximum absolute atomic E-state index is 13.0. The van der Waals surface area contributed by atoms with Crippen molar-refractivity contribution in [1.82, 2.24) is 4.68 Å². The monoisotopic (exact) mass is 538 g/mol. The Morgan fingerprint density at radius 1 is 0.853 bits per heavy atom. The third kappa shape index (κ3) is 5.30. The number of nitrogens with zero attached hydrogens (tertiary/aromatic N) is 1. The maximum Gasteiger partial charge on any atom is 0.328 e. The van der Waals surface area contributed by atoms with E-state index in [9.17, 15) is 14.4 Å². The molecular weight excluding hydrogens is 520 g/mol. The van der Waals surface area contributed by atoms with Crippen LogP contribution < -0.4 is 16.1 Å². The molecule has 7 nitrogen and oxygen atoms in total. The predicted molar refractivity (Wildman–Crippen MR) is 138 cm³/mol. The molecule has 0 atom stereocenters. The van der Waals surface area contributed by atoms with Crippen LogP contribution in [0.4, 0.5) is 11.4 Å². The van der Waals surface area contributed by atoms with Crippen LogP contribution in [0, 0.1) is 0 Å². The van der Waals surface area contributed by atoms with E-state index < -0.39 is 17.7 Å². The molecule has 0 aliphatic carbocycles. The summed E-state index contributed by atoms with van der Waals surface area (Å²) in [5, 5.41) is 6.46. The molecule has 0 radical (unpaired) electrons. The van der Waals surface area contributed by atoms with E-state index in [0.717, 1.165) is 16.5 Å². The van der Waals surface area contributed by atoms with Crippen LogP contribution in [0.25, 0.3) is 10.9 Å². The van der Waals surface area contributed by atoms with Gasteiger partial charge in [0.25, 0.3) is 5.91 Å². The van der Waals surface area contributed by atoms with Gasteiger partial charge in [-0.05, 0) is 72.6 Å². The van der Waals surface area contributed by atoms with Gasteiger partial charge in [0.1, 0.15) is 5.69 Å². The number of carbonyl (C=O) groups excluding carboxylic acids is 3. The molecule has 3 amide bonds. The highest BCUT2D eigenvalue weighted by atomic mass is 79.9. The number of hydrogen-bond donors (Lipinski definition) is 3. The molecule has 3 aromatic carbocycles. The average Bonchev–Trinajstić information content (AvgIpc) is 3.18. The summed E-state index contributed by atoms with van der Waals surface area (Å²) in [6.07, 6.45) is 0.866. The summed E-state index contributed by atoms with van der Waals surface area (Å²) in [4.78, 5) is 38.3. The number of amides is 3. The van der Waals surface area contributed by atoms with Gasteiger partial charge < -0.3 is 10.6 Å². The van der Waals surface area contributed by atoms with Crippen molar-refractivity contribution < 1.29 is 14.4 Å². The van der Waals surface area contributed by atoms with Gasteiger partial charge in [0.15, 0.2) is 0 Å². The van der Waals surface area contributed by atoms with Crippen LogP contribution in [0.5, 0.6) is 0 Å². The maximum atomic E-state index is 13.0. The van der Waals surface area contributed by atoms with Crippen LogP contribution in [-0.2, 0) is 16.0 Å². The molecule has 0 fully saturated rings. The Hall–Kier alpha value is -3.62. The van der Waals surface area contributed by atoms with Gasteiger partial charge in [-0.1, -0.05) is 46.6 Å². The highest BCUT2D eigenvalue weighted by Gasteiger charge is 2.21. The predicted octanol–water partition coefficient (Wildman–Crippen LogP) is 5.58. The SMILES string of the molecule is CCc1ccc(NC(=O)C(=O)Nn2c(C(=O)Nc3ccc(Br)cc3)cc3cc(Cl)ccc32)cc1. The lowest BCUT2D eigenvalue weighted by Crippen LogP contribution is -2.36. The molecule has 34 heavy (non-hydrogen) atoms. The second-order valence-corrected chi connectivity index (χ2v) is 8.83. The number of halogens is 2. The van der Waals surface area contributed by atoms with Crippen LogP contribution >= 0.6 is 27.5 Å². The van der Waals surface area contributed by atoms with E-state index in [4.69, 9.17) is 11.6 Å². The number of anilines is 2. The molecule has 0 aliphatic heterocycles. The molecule has 0 saturated carbocycles. The molecule has 4 aromatic rings. The van der Waals surface area contributed by atoms with Crippen LogP contribution in [0.2, 0.25) is 5.02 Å². The van der Waals surface area contributed by atoms with Crippen molar-refractivity contribution in [3.63, 3.8) is 0 Å². The molecule has 172 valence electrons. The second kappa shape index (κ2) is 10.1. The topological polar surface area (TPSA) is 92.2 Å². The molecule has 0 aliphatic rings. The molecule has 0 spiro atoms. The smallest absolute Gasteiger partial charge is 0.321 e. The number of hydrogen-bond acceptors (Lipinski definition) is 3. The summed E-state index contributed by atoms with van der Waals surface area (Å²) in [5.74, 6) is -2.26. The fraction of sp³-hybridized carbons (Fsp3) is 0.0800. The van der Waals surface area contributed by atoms with E-state index in [-0.39, 0.29) is 5.69 Å². The fourth-order valence-corrected chi connectivity index (χ4v) is 3.81. The fourth-order valence-electron chi connectivity index (χ4n) is 3.37. The van der Waals surface area contributed by atoms with Crippen LogP contribution in [-0.4, -0.2) is 22.4 Å². The van der Waals surface area contributed by atoms with E-state index in [1.165, 1.54) is 4.68 Å². The van der Waals surface area contributed by atoms with Gasteiger partial charge in [0, 0.05) is 26.3 Å². The molecular formula is C25H20BrClN4O3. The summed E-state index contributed by atoms with van der Waals surface area (Å²) in [6, 6.07) is 20.8. The number of rotatable bonds is 5.